The first-order valence-corrected chi connectivity index (χ1v) is 45.8. The molecule has 11 N–H and O–H groups in total. The Morgan fingerprint density at radius 2 is 1.26 bits per heavy atom. The Balaban J connectivity index is 0.815. The van der Waals surface area contributed by atoms with E-state index in [1.807, 2.05) is 11.6 Å². The standard InChI is InChI=1S/C89H143F2N13O23/c1-9-21-79-126-74-56-64-65-55-67(90)66-54-62(105)28-31-86(66,4)88(65,91)72(106)57-87(64,5)89(74,127-79)73(107)58-97-82(112)68(25-20-33-96-85(92)115)99-84(114)80(61(2)3)100-83(113)69(98-76(109)30-39-117-43-47-121-50-52-122-48-44-118-40-35-95-77(110)59-124-63-22-14-11-10-12-15-23-63)24-18-19-32-93-78(111)60-125-71-27-17-13-16-26-70-81(71)101-102-103(70)36-41-119-45-49-123-53-51-120-46-42-116-38-29-75(108)94-34-37-104(6,7)8/h28,31,54,61,63-65,67-69,71-72,74,79-80,106H,9-14,16-22,24-27,29-30,32-53,55-60H2,1-8H3,(H9-,92,93,94,95,96,97,98,99,100,108,109,110,111,112,113,114,115)/p+1/t63?,64-,65-,67-,68-,69+,71?,72-,74+,79?,80-,86-,87-,88-,89+/m0/s1. The van der Waals surface area contributed by atoms with Crippen LogP contribution in [-0.2, 0) is 113 Å². The second-order valence-corrected chi connectivity index (χ2v) is 35.5. The number of nitrogens with one attached hydrogen (secondary N) is 8. The van der Waals surface area contributed by atoms with Gasteiger partial charge in [-0.25, -0.2) is 18.3 Å². The van der Waals surface area contributed by atoms with E-state index in [9.17, 15) is 48.3 Å². The monoisotopic (exact) mass is 1800 g/mol. The molecule has 1 saturated heterocycles. The molecule has 7 aliphatic rings. The molecule has 127 heavy (non-hydrogen) atoms. The molecule has 1 aromatic rings. The number of unbranched alkanes of at least 4 members (excludes halogenated alkanes) is 1. The predicted octanol–water partition coefficient (Wildman–Crippen LogP) is 3.40. The minimum atomic E-state index is -2.47. The Hall–Kier alpha value is -7.62. The third kappa shape index (κ3) is 31.8. The minimum Gasteiger partial charge on any atom is -0.390 e. The number of aliphatic hydroxyl groups is 1. The maximum atomic E-state index is 18.3. The van der Waals surface area contributed by atoms with E-state index in [0.717, 1.165) is 80.6 Å². The molecule has 0 radical (unpaired) electrons. The molecule has 36 nitrogen and oxygen atoms in total. The molecular weight excluding hydrogens is 1660 g/mol. The van der Waals surface area contributed by atoms with Crippen molar-refractivity contribution in [3.63, 3.8) is 0 Å². The zero-order chi connectivity index (χ0) is 91.8. The number of amides is 9. The van der Waals surface area contributed by atoms with Crippen LogP contribution < -0.4 is 48.3 Å². The highest BCUT2D eigenvalue weighted by molar-refractivity contribution is 6.01. The number of Topliss-reactive ketones (excluding diaryl/α,β-unsaturated/α-hetero) is 1. The van der Waals surface area contributed by atoms with Crippen molar-refractivity contribution in [3.8, 4) is 11.8 Å². The third-order valence-electron chi connectivity index (χ3n) is 24.7. The molecule has 2 heterocycles. The number of primary amides is 1. The number of hydrogen-bond acceptors (Lipinski definition) is 25. The quantitative estimate of drug-likeness (QED) is 0.0254. The molecular formula is C89H144F2N13O23+. The van der Waals surface area contributed by atoms with Crippen molar-refractivity contribution in [2.45, 2.75) is 249 Å². The highest BCUT2D eigenvalue weighted by atomic mass is 19.1. The molecule has 0 bridgehead atoms. The van der Waals surface area contributed by atoms with E-state index in [1.165, 1.54) is 19.1 Å². The van der Waals surface area contributed by atoms with E-state index in [4.69, 9.17) is 62.6 Å². The molecule has 38 heteroatoms. The predicted molar refractivity (Wildman–Crippen MR) is 460 cm³/mol. The number of aliphatic hydroxyl groups excluding tert-OH is 1. The molecule has 0 spiro atoms. The highest BCUT2D eigenvalue weighted by Gasteiger charge is 2.80. The SMILES string of the molecule is CCCC1O[C@@H]2C[C@H]3[C@@H]4C[C@H](F)C5=CC(=O)C=C[C@]5(C)[C@@]4(F)[C@@H](O)C[C@]3(C)[C@]2(C(=O)CNC(=O)[C@H](CCCNC(N)=O)NC(=O)[C@@H](NC(=O)[C@@H](CCCCNC(=O)COC2CCCCCc3c2nnn3CCOCCOCCOCCOCCC(=O)NCC[N+](C)(C)C)NC(=O)CCOCCOCCOCCOCCNC(=O)COC2C#CCCCCC2)C(C)C)O1. The van der Waals surface area contributed by atoms with Gasteiger partial charge in [0, 0.05) is 55.6 Å². The van der Waals surface area contributed by atoms with Gasteiger partial charge in [-0.3, -0.25) is 43.2 Å². The van der Waals surface area contributed by atoms with Crippen LogP contribution in [0.2, 0.25) is 0 Å². The van der Waals surface area contributed by atoms with E-state index in [2.05, 4.69) is 85.8 Å². The van der Waals surface area contributed by atoms with Crippen molar-refractivity contribution in [1.82, 2.24) is 57.5 Å². The van der Waals surface area contributed by atoms with Crippen LogP contribution in [0, 0.1) is 40.4 Å². The fraction of sp³-hybridized carbons (Fsp3) is 0.798. The van der Waals surface area contributed by atoms with Gasteiger partial charge in [-0.1, -0.05) is 70.6 Å². The van der Waals surface area contributed by atoms with Gasteiger partial charge in [-0.05, 0) is 133 Å². The lowest BCUT2D eigenvalue weighted by atomic mass is 9.44. The second kappa shape index (κ2) is 53.6. The van der Waals surface area contributed by atoms with Gasteiger partial charge in [-0.2, -0.15) is 0 Å². The average molecular weight is 1800 g/mol. The van der Waals surface area contributed by atoms with Crippen LogP contribution in [0.5, 0.6) is 0 Å². The first kappa shape index (κ1) is 105. The van der Waals surface area contributed by atoms with E-state index in [0.29, 0.717) is 137 Å². The molecule has 3 unspecified atom stereocenters. The first-order chi connectivity index (χ1) is 60.9. The summed E-state index contributed by atoms with van der Waals surface area (Å²) >= 11 is 0. The molecule has 3 saturated carbocycles. The van der Waals surface area contributed by atoms with Crippen LogP contribution in [-0.4, -0.2) is 323 Å². The number of fused-ring (bicyclic) bond motifs is 8. The topological polar surface area (TPSA) is 455 Å². The molecule has 8 rings (SSSR count). The van der Waals surface area contributed by atoms with E-state index in [-0.39, 0.29) is 134 Å². The number of likely N-dealkylation sites (N-methyl/N-ethyl adjacent to an activating group) is 1. The Kier molecular flexibility index (Phi) is 44.2. The molecule has 9 amide bonds. The molecule has 4 fully saturated rings. The van der Waals surface area contributed by atoms with Crippen LogP contribution >= 0.6 is 0 Å². The van der Waals surface area contributed by atoms with Gasteiger partial charge in [-0.15, -0.1) is 11.0 Å². The summed E-state index contributed by atoms with van der Waals surface area (Å²) in [5.41, 5.74) is -0.508. The number of ketones is 2. The second-order valence-electron chi connectivity index (χ2n) is 35.5. The number of urea groups is 1. The summed E-state index contributed by atoms with van der Waals surface area (Å²) in [7, 11) is 6.21. The maximum absolute atomic E-state index is 18.3. The normalized spacial score (nSPS) is 25.5. The number of allylic oxidation sites excluding steroid dienone is 4. The summed E-state index contributed by atoms with van der Waals surface area (Å²) in [4.78, 5) is 135. The number of hydrogen-bond donors (Lipinski definition) is 10. The van der Waals surface area contributed by atoms with Gasteiger partial charge in [0.2, 0.25) is 41.4 Å². The number of nitrogens with two attached hydrogens (primary N) is 1. The van der Waals surface area contributed by atoms with Gasteiger partial charge in [0.05, 0.1) is 171 Å². The van der Waals surface area contributed by atoms with Crippen molar-refractivity contribution in [2.24, 2.45) is 34.3 Å². The maximum Gasteiger partial charge on any atom is 0.312 e. The average Bonchev–Trinajstić information content (AvgIpc) is 1.52. The highest BCUT2D eigenvalue weighted by Crippen LogP contribution is 2.72. The van der Waals surface area contributed by atoms with Crippen molar-refractivity contribution < 1.29 is 123 Å². The summed E-state index contributed by atoms with van der Waals surface area (Å²) in [6, 6.07) is -4.81. The van der Waals surface area contributed by atoms with Crippen molar-refractivity contribution >= 4 is 58.9 Å². The molecule has 716 valence electrons. The Morgan fingerprint density at radius 1 is 0.661 bits per heavy atom. The van der Waals surface area contributed by atoms with E-state index >= 15 is 13.6 Å². The molecule has 6 aliphatic carbocycles. The van der Waals surface area contributed by atoms with Gasteiger partial charge >= 0.3 is 6.03 Å². The fourth-order valence-electron chi connectivity index (χ4n) is 18.0. The van der Waals surface area contributed by atoms with Crippen LogP contribution in [0.25, 0.3) is 0 Å². The minimum absolute atomic E-state index is 0.0230. The van der Waals surface area contributed by atoms with Crippen LogP contribution in [0.1, 0.15) is 187 Å². The van der Waals surface area contributed by atoms with E-state index < -0.39 is 137 Å². The summed E-state index contributed by atoms with van der Waals surface area (Å²) in [6.45, 7) is 14.4. The number of ether oxygens (including phenoxy) is 12. The Morgan fingerprint density at radius 3 is 1.92 bits per heavy atom. The number of halogens is 2. The summed E-state index contributed by atoms with van der Waals surface area (Å²) in [5.74, 6) is -1.17. The molecule has 1 aromatic heterocycles. The molecule has 0 aromatic carbocycles. The van der Waals surface area contributed by atoms with Crippen LogP contribution in [0.3, 0.4) is 0 Å². The largest absolute Gasteiger partial charge is 0.390 e. The number of rotatable bonds is 60. The first-order valence-electron chi connectivity index (χ1n) is 45.8. The van der Waals surface area contributed by atoms with Crippen molar-refractivity contribution in [3.05, 3.63) is 35.2 Å². The Bertz CT molecular complexity index is 3810. The van der Waals surface area contributed by atoms with Gasteiger partial charge in [0.25, 0.3) is 0 Å². The van der Waals surface area contributed by atoms with Crippen molar-refractivity contribution in [2.75, 3.05) is 179 Å². The molecule has 1 aliphatic heterocycles. The fourth-order valence-corrected chi connectivity index (χ4v) is 18.0. The van der Waals surface area contributed by atoms with Gasteiger partial charge in [0.15, 0.2) is 29.1 Å². The van der Waals surface area contributed by atoms with E-state index in [1.54, 1.807) is 20.8 Å². The summed E-state index contributed by atoms with van der Waals surface area (Å²) in [6.07, 6.45) is 7.49. The van der Waals surface area contributed by atoms with Crippen molar-refractivity contribution in [1.29, 1.82) is 0 Å². The zero-order valence-corrected chi connectivity index (χ0v) is 75.9. The van der Waals surface area contributed by atoms with Gasteiger partial charge < -0.3 is 115 Å². The molecule has 15 atom stereocenters. The lowest BCUT2D eigenvalue weighted by Crippen LogP contribution is -2.71. The number of carbonyl (C=O) groups excluding carboxylic acids is 10. The summed E-state index contributed by atoms with van der Waals surface area (Å²) in [5, 5.41) is 43.2. The number of aromatic nitrogens is 3. The summed E-state index contributed by atoms with van der Waals surface area (Å²) < 4.78 is 108. The number of alkyl halides is 2. The Labute approximate surface area is 745 Å². The van der Waals surface area contributed by atoms with Crippen LogP contribution in [0.4, 0.5) is 13.6 Å². The van der Waals surface area contributed by atoms with Gasteiger partial charge in [0.1, 0.15) is 55.4 Å². The lowest BCUT2D eigenvalue weighted by molar-refractivity contribution is -0.869. The number of carbonyl (C=O) groups is 10. The zero-order valence-electron chi connectivity index (χ0n) is 75.9. The number of quaternary nitrogens is 1. The third-order valence-corrected chi connectivity index (χ3v) is 24.7. The smallest absolute Gasteiger partial charge is 0.312 e. The number of nitrogens with zero attached hydrogens (tertiary/aromatic N) is 4. The van der Waals surface area contributed by atoms with Crippen LogP contribution in [0.15, 0.2) is 23.8 Å². The lowest BCUT2D eigenvalue weighted by Gasteiger charge is -2.63.